The first-order valence-electron chi connectivity index (χ1n) is 9.96. The Labute approximate surface area is 181 Å². The number of hydrogen-bond acceptors (Lipinski definition) is 12. The summed E-state index contributed by atoms with van der Waals surface area (Å²) in [4.78, 5) is 13.4. The summed E-state index contributed by atoms with van der Waals surface area (Å²) in [6, 6.07) is 5.92. The molecule has 7 N–H and O–H groups in total. The number of carbonyl (C=O) groups excluding carboxylic acids is 1. The molecule has 1 aromatic rings. The van der Waals surface area contributed by atoms with Crippen molar-refractivity contribution in [1.82, 2.24) is 0 Å². The number of carbonyl (C=O) groups is 1. The third kappa shape index (κ3) is 3.91. The van der Waals surface area contributed by atoms with Crippen LogP contribution in [0.25, 0.3) is 0 Å². The van der Waals surface area contributed by atoms with Gasteiger partial charge in [0.15, 0.2) is 18.6 Å². The van der Waals surface area contributed by atoms with Gasteiger partial charge in [0.2, 0.25) is 0 Å². The van der Waals surface area contributed by atoms with Gasteiger partial charge in [-0.2, -0.15) is 0 Å². The molecule has 0 spiro atoms. The van der Waals surface area contributed by atoms with Crippen LogP contribution in [0.3, 0.4) is 0 Å². The van der Waals surface area contributed by atoms with Crippen molar-refractivity contribution in [1.29, 1.82) is 0 Å². The van der Waals surface area contributed by atoms with Crippen molar-refractivity contribution in [3.05, 3.63) is 24.3 Å². The molecule has 10 atom stereocenters. The van der Waals surface area contributed by atoms with Crippen molar-refractivity contribution in [2.24, 2.45) is 0 Å². The van der Waals surface area contributed by atoms with Crippen molar-refractivity contribution in [3.63, 3.8) is 0 Å². The SMILES string of the molecule is O=C1OC2C(O)C(O)C(COC3OC(CO)C(O)C(O)C3O)OC2N1c1ccccc1O. The molecule has 3 fully saturated rings. The lowest BCUT2D eigenvalue weighted by molar-refractivity contribution is -0.312. The van der Waals surface area contributed by atoms with Crippen LogP contribution in [0.4, 0.5) is 10.5 Å². The van der Waals surface area contributed by atoms with E-state index < -0.39 is 80.7 Å². The quantitative estimate of drug-likeness (QED) is 0.236. The molecule has 3 aliphatic rings. The summed E-state index contributed by atoms with van der Waals surface area (Å²) < 4.78 is 21.5. The topological polar surface area (TPSA) is 199 Å². The van der Waals surface area contributed by atoms with E-state index >= 15 is 0 Å². The van der Waals surface area contributed by atoms with Gasteiger partial charge in [-0.05, 0) is 12.1 Å². The van der Waals surface area contributed by atoms with E-state index in [-0.39, 0.29) is 11.4 Å². The van der Waals surface area contributed by atoms with E-state index in [1.807, 2.05) is 0 Å². The Kier molecular flexibility index (Phi) is 6.53. The highest BCUT2D eigenvalue weighted by Crippen LogP contribution is 2.38. The number of para-hydroxylation sites is 2. The first-order chi connectivity index (χ1) is 15.2. The third-order valence-corrected chi connectivity index (χ3v) is 5.77. The number of hydrogen-bond donors (Lipinski definition) is 7. The fourth-order valence-electron chi connectivity index (χ4n) is 3.97. The van der Waals surface area contributed by atoms with Crippen LogP contribution in [0.1, 0.15) is 0 Å². The first kappa shape index (κ1) is 23.1. The summed E-state index contributed by atoms with van der Waals surface area (Å²) in [6.45, 7) is -1.11. The van der Waals surface area contributed by atoms with Gasteiger partial charge in [0.25, 0.3) is 0 Å². The molecule has 0 saturated carbocycles. The maximum absolute atomic E-state index is 12.4. The first-order valence-corrected chi connectivity index (χ1v) is 9.96. The number of amides is 1. The molecular formula is C19H25NO12. The summed E-state index contributed by atoms with van der Waals surface area (Å²) in [7, 11) is 0. The average Bonchev–Trinajstić information content (AvgIpc) is 3.11. The molecule has 3 heterocycles. The Morgan fingerprint density at radius 1 is 0.906 bits per heavy atom. The molecule has 1 amide bonds. The molecule has 32 heavy (non-hydrogen) atoms. The summed E-state index contributed by atoms with van der Waals surface area (Å²) in [6.07, 6.45) is -15.3. The smallest absolute Gasteiger partial charge is 0.417 e. The Morgan fingerprint density at radius 2 is 1.59 bits per heavy atom. The summed E-state index contributed by atoms with van der Waals surface area (Å²) in [5, 5.41) is 70.0. The van der Waals surface area contributed by atoms with Gasteiger partial charge in [-0.15, -0.1) is 0 Å². The second-order valence-electron chi connectivity index (χ2n) is 7.78. The highest BCUT2D eigenvalue weighted by Gasteiger charge is 2.56. The van der Waals surface area contributed by atoms with Crippen LogP contribution in [0.5, 0.6) is 5.75 Å². The van der Waals surface area contributed by atoms with Gasteiger partial charge in [0, 0.05) is 0 Å². The predicted octanol–water partition coefficient (Wildman–Crippen LogP) is -3.02. The minimum absolute atomic E-state index is 0.0715. The van der Waals surface area contributed by atoms with E-state index in [9.17, 15) is 40.5 Å². The summed E-state index contributed by atoms with van der Waals surface area (Å²) in [5.41, 5.74) is 0.0715. The van der Waals surface area contributed by atoms with Crippen molar-refractivity contribution in [3.8, 4) is 5.75 Å². The molecule has 0 bridgehead atoms. The van der Waals surface area contributed by atoms with E-state index in [1.54, 1.807) is 12.1 Å². The van der Waals surface area contributed by atoms with Crippen LogP contribution in [0.2, 0.25) is 0 Å². The van der Waals surface area contributed by atoms with Gasteiger partial charge in [-0.1, -0.05) is 12.1 Å². The van der Waals surface area contributed by atoms with Gasteiger partial charge in [-0.3, -0.25) is 0 Å². The predicted molar refractivity (Wildman–Crippen MR) is 101 cm³/mol. The zero-order valence-electron chi connectivity index (χ0n) is 16.6. The lowest BCUT2D eigenvalue weighted by atomic mass is 9.97. The molecule has 10 unspecified atom stereocenters. The normalized spacial score (nSPS) is 41.9. The Morgan fingerprint density at radius 3 is 2.28 bits per heavy atom. The maximum Gasteiger partial charge on any atom is 0.417 e. The second kappa shape index (κ2) is 9.05. The van der Waals surface area contributed by atoms with Crippen LogP contribution >= 0.6 is 0 Å². The standard InChI is InChI=1S/C19H25NO12/c21-5-9-11(23)13(25)15(27)18(31-9)29-6-10-12(24)14(26)16-17(30-10)20(19(28)32-16)7-3-1-2-4-8(7)22/h1-4,9-18,21-27H,5-6H2. The van der Waals surface area contributed by atoms with Gasteiger partial charge in [-0.25, -0.2) is 9.69 Å². The maximum atomic E-state index is 12.4. The number of nitrogens with zero attached hydrogens (tertiary/aromatic N) is 1. The van der Waals surface area contributed by atoms with Gasteiger partial charge in [0.1, 0.15) is 48.5 Å². The van der Waals surface area contributed by atoms with E-state index in [1.165, 1.54) is 12.1 Å². The number of anilines is 1. The molecule has 13 heteroatoms. The fourth-order valence-corrected chi connectivity index (χ4v) is 3.97. The van der Waals surface area contributed by atoms with Crippen LogP contribution in [-0.4, -0.2) is 116 Å². The number of benzene rings is 1. The van der Waals surface area contributed by atoms with Crippen molar-refractivity contribution in [2.75, 3.05) is 18.1 Å². The van der Waals surface area contributed by atoms with Crippen LogP contribution < -0.4 is 4.90 Å². The van der Waals surface area contributed by atoms with E-state index in [0.29, 0.717) is 0 Å². The number of phenols is 1. The summed E-state index contributed by atoms with van der Waals surface area (Å²) >= 11 is 0. The molecular weight excluding hydrogens is 434 g/mol. The second-order valence-corrected chi connectivity index (χ2v) is 7.78. The highest BCUT2D eigenvalue weighted by atomic mass is 16.7. The van der Waals surface area contributed by atoms with Crippen molar-refractivity contribution < 1.29 is 59.5 Å². The lowest BCUT2D eigenvalue weighted by Gasteiger charge is -2.42. The van der Waals surface area contributed by atoms with Crippen LogP contribution in [0.15, 0.2) is 24.3 Å². The van der Waals surface area contributed by atoms with Crippen LogP contribution in [-0.2, 0) is 18.9 Å². The number of aliphatic hydroxyl groups is 6. The molecule has 3 saturated heterocycles. The largest absolute Gasteiger partial charge is 0.506 e. The zero-order valence-corrected chi connectivity index (χ0v) is 16.6. The number of ether oxygens (including phenoxy) is 4. The zero-order chi connectivity index (χ0) is 23.2. The number of fused-ring (bicyclic) bond motifs is 1. The Bertz CT molecular complexity index is 823. The molecule has 3 aliphatic heterocycles. The third-order valence-electron chi connectivity index (χ3n) is 5.77. The number of aliphatic hydroxyl groups excluding tert-OH is 6. The van der Waals surface area contributed by atoms with E-state index in [4.69, 9.17) is 18.9 Å². The molecule has 13 nitrogen and oxygen atoms in total. The minimum Gasteiger partial charge on any atom is -0.506 e. The molecule has 178 valence electrons. The number of rotatable bonds is 5. The monoisotopic (exact) mass is 459 g/mol. The Hall–Kier alpha value is -2.07. The highest BCUT2D eigenvalue weighted by molar-refractivity contribution is 5.92. The van der Waals surface area contributed by atoms with Gasteiger partial charge >= 0.3 is 6.09 Å². The number of phenolic OH excluding ortho intramolecular Hbond substituents is 1. The molecule has 0 aliphatic carbocycles. The average molecular weight is 459 g/mol. The van der Waals surface area contributed by atoms with E-state index in [2.05, 4.69) is 0 Å². The summed E-state index contributed by atoms with van der Waals surface area (Å²) in [5.74, 6) is -0.233. The molecule has 1 aromatic carbocycles. The van der Waals surface area contributed by atoms with Gasteiger partial charge in [0.05, 0.1) is 18.9 Å². The van der Waals surface area contributed by atoms with Crippen molar-refractivity contribution in [2.45, 2.75) is 61.3 Å². The van der Waals surface area contributed by atoms with E-state index in [0.717, 1.165) is 4.90 Å². The molecule has 0 aromatic heterocycles. The molecule has 4 rings (SSSR count). The lowest BCUT2D eigenvalue weighted by Crippen LogP contribution is -2.62. The minimum atomic E-state index is -1.67. The number of aromatic hydroxyl groups is 1. The Balaban J connectivity index is 1.49. The van der Waals surface area contributed by atoms with Gasteiger partial charge < -0.3 is 54.7 Å². The fraction of sp³-hybridized carbons (Fsp3) is 0.632. The molecule has 0 radical (unpaired) electrons. The van der Waals surface area contributed by atoms with Crippen LogP contribution in [0, 0.1) is 0 Å². The van der Waals surface area contributed by atoms with Crippen molar-refractivity contribution >= 4 is 11.8 Å².